The van der Waals surface area contributed by atoms with Gasteiger partial charge in [0, 0.05) is 6.04 Å². The van der Waals surface area contributed by atoms with Gasteiger partial charge in [0.15, 0.2) is 0 Å². The van der Waals surface area contributed by atoms with Gasteiger partial charge in [0.1, 0.15) is 0 Å². The SMILES string of the molecule is CCCNC(COC1CCCCC1)C(C)(C)C. The van der Waals surface area contributed by atoms with Gasteiger partial charge in [0.05, 0.1) is 12.7 Å². The van der Waals surface area contributed by atoms with Crippen LogP contribution in [0.1, 0.15) is 66.2 Å². The molecular formula is C15H31NO. The van der Waals surface area contributed by atoms with Gasteiger partial charge < -0.3 is 10.1 Å². The molecule has 0 saturated heterocycles. The Morgan fingerprint density at radius 3 is 2.35 bits per heavy atom. The second-order valence-corrected chi connectivity index (χ2v) is 6.47. The molecule has 1 unspecified atom stereocenters. The zero-order chi connectivity index (χ0) is 12.7. The number of hydrogen-bond acceptors (Lipinski definition) is 2. The Balaban J connectivity index is 2.31. The average Bonchev–Trinajstić information content (AvgIpc) is 2.29. The highest BCUT2D eigenvalue weighted by Gasteiger charge is 2.25. The monoisotopic (exact) mass is 241 g/mol. The highest BCUT2D eigenvalue weighted by Crippen LogP contribution is 2.23. The lowest BCUT2D eigenvalue weighted by Gasteiger charge is -2.33. The first-order valence-electron chi connectivity index (χ1n) is 7.39. The Morgan fingerprint density at radius 2 is 1.82 bits per heavy atom. The quantitative estimate of drug-likeness (QED) is 0.764. The second kappa shape index (κ2) is 7.38. The molecule has 0 aromatic heterocycles. The minimum atomic E-state index is 0.282. The van der Waals surface area contributed by atoms with Crippen molar-refractivity contribution in [2.45, 2.75) is 78.4 Å². The Hall–Kier alpha value is -0.0800. The van der Waals surface area contributed by atoms with Gasteiger partial charge in [0.25, 0.3) is 0 Å². The molecule has 1 aliphatic rings. The molecule has 1 atom stereocenters. The standard InChI is InChI=1S/C15H31NO/c1-5-11-16-14(15(2,3)4)12-17-13-9-7-6-8-10-13/h13-14,16H,5-12H2,1-4H3. The summed E-state index contributed by atoms with van der Waals surface area (Å²) in [6, 6.07) is 0.476. The molecule has 2 heteroatoms. The van der Waals surface area contributed by atoms with Crippen LogP contribution in [0, 0.1) is 5.41 Å². The van der Waals surface area contributed by atoms with E-state index >= 15 is 0 Å². The minimum absolute atomic E-state index is 0.282. The summed E-state index contributed by atoms with van der Waals surface area (Å²) < 4.78 is 6.11. The molecule has 2 nitrogen and oxygen atoms in total. The largest absolute Gasteiger partial charge is 0.377 e. The first kappa shape index (κ1) is 15.0. The third kappa shape index (κ3) is 5.87. The molecule has 17 heavy (non-hydrogen) atoms. The van der Waals surface area contributed by atoms with Crippen molar-refractivity contribution < 1.29 is 4.74 Å². The van der Waals surface area contributed by atoms with E-state index in [4.69, 9.17) is 4.74 Å². The van der Waals surface area contributed by atoms with E-state index < -0.39 is 0 Å². The first-order chi connectivity index (χ1) is 8.04. The summed E-state index contributed by atoms with van der Waals surface area (Å²) in [6.45, 7) is 11.1. The maximum absolute atomic E-state index is 6.11. The predicted octanol–water partition coefficient (Wildman–Crippen LogP) is 3.75. The van der Waals surface area contributed by atoms with Gasteiger partial charge in [-0.25, -0.2) is 0 Å². The lowest BCUT2D eigenvalue weighted by atomic mass is 9.87. The molecule has 0 bridgehead atoms. The maximum atomic E-state index is 6.11. The van der Waals surface area contributed by atoms with Crippen LogP contribution in [0.25, 0.3) is 0 Å². The van der Waals surface area contributed by atoms with E-state index in [1.54, 1.807) is 0 Å². The molecule has 0 heterocycles. The number of nitrogens with one attached hydrogen (secondary N) is 1. The van der Waals surface area contributed by atoms with Crippen LogP contribution in [0.5, 0.6) is 0 Å². The lowest BCUT2D eigenvalue weighted by molar-refractivity contribution is -0.00138. The van der Waals surface area contributed by atoms with Crippen LogP contribution in [0.3, 0.4) is 0 Å². The summed E-state index contributed by atoms with van der Waals surface area (Å²) in [5, 5.41) is 3.62. The van der Waals surface area contributed by atoms with Gasteiger partial charge in [-0.2, -0.15) is 0 Å². The Bertz CT molecular complexity index is 192. The molecule has 1 rings (SSSR count). The smallest absolute Gasteiger partial charge is 0.0628 e. The molecule has 0 radical (unpaired) electrons. The van der Waals surface area contributed by atoms with Crippen molar-refractivity contribution in [1.82, 2.24) is 5.32 Å². The van der Waals surface area contributed by atoms with E-state index in [1.165, 1.54) is 38.5 Å². The average molecular weight is 241 g/mol. The topological polar surface area (TPSA) is 21.3 Å². The zero-order valence-corrected chi connectivity index (χ0v) is 12.2. The van der Waals surface area contributed by atoms with Crippen LogP contribution in [0.4, 0.5) is 0 Å². The van der Waals surface area contributed by atoms with Crippen molar-refractivity contribution in [1.29, 1.82) is 0 Å². The molecule has 1 fully saturated rings. The van der Waals surface area contributed by atoms with Crippen LogP contribution in [0.2, 0.25) is 0 Å². The van der Waals surface area contributed by atoms with E-state index in [1.807, 2.05) is 0 Å². The third-order valence-corrected chi connectivity index (χ3v) is 3.74. The number of ether oxygens (including phenoxy) is 1. The summed E-state index contributed by atoms with van der Waals surface area (Å²) in [4.78, 5) is 0. The van der Waals surface area contributed by atoms with Gasteiger partial charge in [-0.05, 0) is 31.2 Å². The predicted molar refractivity (Wildman–Crippen MR) is 74.4 cm³/mol. The van der Waals surface area contributed by atoms with Crippen molar-refractivity contribution in [3.8, 4) is 0 Å². The third-order valence-electron chi connectivity index (χ3n) is 3.74. The molecule has 1 aliphatic carbocycles. The molecule has 0 aromatic rings. The molecule has 0 aromatic carbocycles. The highest BCUT2D eigenvalue weighted by molar-refractivity contribution is 4.81. The van der Waals surface area contributed by atoms with Crippen molar-refractivity contribution in [3.05, 3.63) is 0 Å². The molecule has 0 amide bonds. The summed E-state index contributed by atoms with van der Waals surface area (Å²) in [5.41, 5.74) is 0.282. The van der Waals surface area contributed by atoms with Gasteiger partial charge in [-0.3, -0.25) is 0 Å². The van der Waals surface area contributed by atoms with E-state index in [-0.39, 0.29) is 5.41 Å². The van der Waals surface area contributed by atoms with E-state index in [9.17, 15) is 0 Å². The Morgan fingerprint density at radius 1 is 1.18 bits per heavy atom. The van der Waals surface area contributed by atoms with Gasteiger partial charge in [0.2, 0.25) is 0 Å². The van der Waals surface area contributed by atoms with Crippen molar-refractivity contribution in [2.24, 2.45) is 5.41 Å². The molecule has 102 valence electrons. The van der Waals surface area contributed by atoms with Crippen molar-refractivity contribution in [3.63, 3.8) is 0 Å². The normalized spacial score (nSPS) is 20.5. The fourth-order valence-corrected chi connectivity index (χ4v) is 2.40. The van der Waals surface area contributed by atoms with Crippen LogP contribution in [0.15, 0.2) is 0 Å². The summed E-state index contributed by atoms with van der Waals surface area (Å²) in [7, 11) is 0. The lowest BCUT2D eigenvalue weighted by Crippen LogP contribution is -2.45. The molecular weight excluding hydrogens is 210 g/mol. The van der Waals surface area contributed by atoms with Crippen molar-refractivity contribution >= 4 is 0 Å². The van der Waals surface area contributed by atoms with Crippen LogP contribution in [-0.4, -0.2) is 25.3 Å². The zero-order valence-electron chi connectivity index (χ0n) is 12.2. The Kier molecular flexibility index (Phi) is 6.50. The highest BCUT2D eigenvalue weighted by atomic mass is 16.5. The number of rotatable bonds is 6. The molecule has 0 aliphatic heterocycles. The van der Waals surface area contributed by atoms with Gasteiger partial charge in [-0.1, -0.05) is 47.0 Å². The minimum Gasteiger partial charge on any atom is -0.377 e. The van der Waals surface area contributed by atoms with Crippen LogP contribution < -0.4 is 5.32 Å². The molecule has 1 saturated carbocycles. The van der Waals surface area contributed by atoms with E-state index in [0.29, 0.717) is 12.1 Å². The fraction of sp³-hybridized carbons (Fsp3) is 1.00. The Labute approximate surface area is 108 Å². The van der Waals surface area contributed by atoms with Crippen LogP contribution >= 0.6 is 0 Å². The maximum Gasteiger partial charge on any atom is 0.0628 e. The fourth-order valence-electron chi connectivity index (χ4n) is 2.40. The molecule has 0 spiro atoms. The summed E-state index contributed by atoms with van der Waals surface area (Å²) in [5.74, 6) is 0. The number of hydrogen-bond donors (Lipinski definition) is 1. The van der Waals surface area contributed by atoms with E-state index in [2.05, 4.69) is 33.0 Å². The second-order valence-electron chi connectivity index (χ2n) is 6.47. The van der Waals surface area contributed by atoms with E-state index in [0.717, 1.165) is 13.2 Å². The summed E-state index contributed by atoms with van der Waals surface area (Å²) >= 11 is 0. The van der Waals surface area contributed by atoms with Crippen LogP contribution in [-0.2, 0) is 4.74 Å². The van der Waals surface area contributed by atoms with Gasteiger partial charge >= 0.3 is 0 Å². The van der Waals surface area contributed by atoms with Crippen molar-refractivity contribution in [2.75, 3.05) is 13.2 Å². The van der Waals surface area contributed by atoms with Gasteiger partial charge in [-0.15, -0.1) is 0 Å². The first-order valence-corrected chi connectivity index (χ1v) is 7.39. The summed E-state index contributed by atoms with van der Waals surface area (Å²) in [6.07, 6.45) is 8.36. The molecule has 1 N–H and O–H groups in total.